The maximum atomic E-state index is 12.6. The van der Waals surface area contributed by atoms with Gasteiger partial charge in [-0.15, -0.1) is 0 Å². The van der Waals surface area contributed by atoms with Gasteiger partial charge >= 0.3 is 11.9 Å². The number of nitrogens with one attached hydrogen (secondary N) is 3. The van der Waals surface area contributed by atoms with Gasteiger partial charge in [-0.3, -0.25) is 14.3 Å². The number of anilines is 2. The molecule has 2 heterocycles. The standard InChI is InChI=1S/C19H17ClF3N5O2/c20-14-8-13(19(21,22)23)11-26-17(14)24-6-7-28-16(29)9-15(27-18(28)30)25-10-12-4-2-1-3-5-12/h1-5,8-9,11,25H,6-7,10H2,(H,24,26)(H,27,30). The molecule has 0 saturated heterocycles. The second-order valence-corrected chi connectivity index (χ2v) is 6.70. The van der Waals surface area contributed by atoms with E-state index in [9.17, 15) is 22.8 Å². The van der Waals surface area contributed by atoms with Gasteiger partial charge in [-0.25, -0.2) is 9.78 Å². The lowest BCUT2D eigenvalue weighted by Gasteiger charge is -2.12. The molecule has 0 unspecified atom stereocenters. The van der Waals surface area contributed by atoms with Gasteiger partial charge in [0.2, 0.25) is 0 Å². The van der Waals surface area contributed by atoms with Crippen LogP contribution in [0.3, 0.4) is 0 Å². The van der Waals surface area contributed by atoms with Crippen LogP contribution in [-0.2, 0) is 19.3 Å². The highest BCUT2D eigenvalue weighted by Gasteiger charge is 2.31. The van der Waals surface area contributed by atoms with Crippen LogP contribution in [0.1, 0.15) is 11.1 Å². The minimum atomic E-state index is -4.55. The van der Waals surface area contributed by atoms with Crippen LogP contribution < -0.4 is 21.9 Å². The Labute approximate surface area is 173 Å². The number of rotatable bonds is 7. The zero-order valence-corrected chi connectivity index (χ0v) is 16.2. The van der Waals surface area contributed by atoms with Crippen molar-refractivity contribution in [3.05, 3.63) is 85.6 Å². The number of alkyl halides is 3. The molecule has 7 nitrogen and oxygen atoms in total. The van der Waals surface area contributed by atoms with Gasteiger partial charge in [0.1, 0.15) is 11.6 Å². The summed E-state index contributed by atoms with van der Waals surface area (Å²) in [6.07, 6.45) is -3.90. The molecule has 0 spiro atoms. The SMILES string of the molecule is O=c1cc(NCc2ccccc2)[nH]c(=O)n1CCNc1ncc(C(F)(F)F)cc1Cl. The molecular weight excluding hydrogens is 423 g/mol. The van der Waals surface area contributed by atoms with E-state index in [0.29, 0.717) is 12.7 Å². The van der Waals surface area contributed by atoms with Crippen LogP contribution in [0.15, 0.2) is 58.3 Å². The third kappa shape index (κ3) is 5.41. The summed E-state index contributed by atoms with van der Waals surface area (Å²) in [5, 5.41) is 5.47. The molecule has 0 fully saturated rings. The highest BCUT2D eigenvalue weighted by Crippen LogP contribution is 2.32. The molecule has 3 aromatic rings. The number of hydrogen-bond donors (Lipinski definition) is 3. The van der Waals surface area contributed by atoms with Crippen molar-refractivity contribution in [1.29, 1.82) is 0 Å². The van der Waals surface area contributed by atoms with Crippen molar-refractivity contribution in [3.8, 4) is 0 Å². The van der Waals surface area contributed by atoms with Crippen molar-refractivity contribution in [2.45, 2.75) is 19.3 Å². The molecule has 2 aromatic heterocycles. The molecule has 0 radical (unpaired) electrons. The van der Waals surface area contributed by atoms with Crippen molar-refractivity contribution in [2.24, 2.45) is 0 Å². The van der Waals surface area contributed by atoms with E-state index < -0.39 is 23.0 Å². The predicted octanol–water partition coefficient (Wildman–Crippen LogP) is 3.33. The third-order valence-corrected chi connectivity index (χ3v) is 4.43. The van der Waals surface area contributed by atoms with E-state index in [0.717, 1.165) is 16.2 Å². The fourth-order valence-electron chi connectivity index (χ4n) is 2.63. The summed E-state index contributed by atoms with van der Waals surface area (Å²) < 4.78 is 38.9. The Kier molecular flexibility index (Phi) is 6.46. The quantitative estimate of drug-likeness (QED) is 0.525. The summed E-state index contributed by atoms with van der Waals surface area (Å²) >= 11 is 5.82. The molecule has 30 heavy (non-hydrogen) atoms. The second-order valence-electron chi connectivity index (χ2n) is 6.30. The number of H-pyrrole nitrogens is 1. The van der Waals surface area contributed by atoms with Gasteiger partial charge in [-0.1, -0.05) is 41.9 Å². The highest BCUT2D eigenvalue weighted by molar-refractivity contribution is 6.32. The molecular formula is C19H17ClF3N5O2. The zero-order chi connectivity index (χ0) is 21.7. The maximum absolute atomic E-state index is 12.6. The van der Waals surface area contributed by atoms with Gasteiger partial charge in [0, 0.05) is 31.9 Å². The molecule has 3 rings (SSSR count). The van der Waals surface area contributed by atoms with Crippen LogP contribution in [0.5, 0.6) is 0 Å². The van der Waals surface area contributed by atoms with E-state index in [1.165, 1.54) is 6.07 Å². The molecule has 0 saturated carbocycles. The van der Waals surface area contributed by atoms with Crippen molar-refractivity contribution in [1.82, 2.24) is 14.5 Å². The predicted molar refractivity (Wildman–Crippen MR) is 108 cm³/mol. The molecule has 0 aliphatic heterocycles. The smallest absolute Gasteiger partial charge is 0.367 e. The number of halogens is 4. The fourth-order valence-corrected chi connectivity index (χ4v) is 2.86. The molecule has 1 aromatic carbocycles. The maximum Gasteiger partial charge on any atom is 0.417 e. The summed E-state index contributed by atoms with van der Waals surface area (Å²) in [6.45, 7) is 0.448. The van der Waals surface area contributed by atoms with Gasteiger partial charge in [-0.2, -0.15) is 13.2 Å². The van der Waals surface area contributed by atoms with Crippen molar-refractivity contribution < 1.29 is 13.2 Å². The first-order chi connectivity index (χ1) is 14.2. The van der Waals surface area contributed by atoms with Crippen LogP contribution in [0.2, 0.25) is 5.02 Å². The average Bonchev–Trinajstić information content (AvgIpc) is 2.69. The van der Waals surface area contributed by atoms with E-state index in [1.807, 2.05) is 30.3 Å². The van der Waals surface area contributed by atoms with Crippen LogP contribution in [0, 0.1) is 0 Å². The normalized spacial score (nSPS) is 11.3. The van der Waals surface area contributed by atoms with Crippen molar-refractivity contribution in [2.75, 3.05) is 17.2 Å². The van der Waals surface area contributed by atoms with E-state index in [4.69, 9.17) is 11.6 Å². The molecule has 0 aliphatic carbocycles. The summed E-state index contributed by atoms with van der Waals surface area (Å²) in [7, 11) is 0. The lowest BCUT2D eigenvalue weighted by atomic mass is 10.2. The Morgan fingerprint density at radius 3 is 2.47 bits per heavy atom. The Bertz CT molecular complexity index is 1100. The Morgan fingerprint density at radius 2 is 1.83 bits per heavy atom. The first kappa shape index (κ1) is 21.4. The number of benzene rings is 1. The molecule has 3 N–H and O–H groups in total. The fraction of sp³-hybridized carbons (Fsp3) is 0.211. The van der Waals surface area contributed by atoms with Gasteiger partial charge in [-0.05, 0) is 11.6 Å². The minimum absolute atomic E-state index is 0.0234. The molecule has 0 aliphatic rings. The Morgan fingerprint density at radius 1 is 1.10 bits per heavy atom. The zero-order valence-electron chi connectivity index (χ0n) is 15.5. The number of pyridine rings is 1. The number of hydrogen-bond acceptors (Lipinski definition) is 5. The summed E-state index contributed by atoms with van der Waals surface area (Å²) in [6, 6.07) is 11.5. The van der Waals surface area contributed by atoms with Crippen LogP contribution in [0.4, 0.5) is 24.8 Å². The van der Waals surface area contributed by atoms with Crippen LogP contribution in [-0.4, -0.2) is 21.1 Å². The molecule has 0 amide bonds. The van der Waals surface area contributed by atoms with E-state index in [2.05, 4.69) is 20.6 Å². The van der Waals surface area contributed by atoms with Gasteiger partial charge in [0.15, 0.2) is 0 Å². The average molecular weight is 440 g/mol. The minimum Gasteiger partial charge on any atom is -0.367 e. The number of aromatic amines is 1. The van der Waals surface area contributed by atoms with E-state index >= 15 is 0 Å². The monoisotopic (exact) mass is 439 g/mol. The first-order valence-corrected chi connectivity index (χ1v) is 9.20. The van der Waals surface area contributed by atoms with Crippen molar-refractivity contribution in [3.63, 3.8) is 0 Å². The van der Waals surface area contributed by atoms with Gasteiger partial charge in [0.05, 0.1) is 10.6 Å². The summed E-state index contributed by atoms with van der Waals surface area (Å²) in [5.74, 6) is 0.306. The van der Waals surface area contributed by atoms with Crippen molar-refractivity contribution >= 4 is 23.2 Å². The largest absolute Gasteiger partial charge is 0.417 e. The molecule has 0 atom stereocenters. The molecule has 11 heteroatoms. The van der Waals surface area contributed by atoms with Crippen LogP contribution >= 0.6 is 11.6 Å². The number of nitrogens with zero attached hydrogens (tertiary/aromatic N) is 2. The third-order valence-electron chi connectivity index (χ3n) is 4.14. The Hall–Kier alpha value is -3.27. The lowest BCUT2D eigenvalue weighted by Crippen LogP contribution is -2.37. The second kappa shape index (κ2) is 9.04. The molecule has 0 bridgehead atoms. The topological polar surface area (TPSA) is 91.8 Å². The lowest BCUT2D eigenvalue weighted by molar-refractivity contribution is -0.137. The first-order valence-electron chi connectivity index (χ1n) is 8.82. The van der Waals surface area contributed by atoms with E-state index in [-0.39, 0.29) is 29.7 Å². The van der Waals surface area contributed by atoms with Crippen LogP contribution in [0.25, 0.3) is 0 Å². The number of aromatic nitrogens is 3. The summed E-state index contributed by atoms with van der Waals surface area (Å²) in [5.41, 5.74) is -1.13. The summed E-state index contributed by atoms with van der Waals surface area (Å²) in [4.78, 5) is 30.7. The van der Waals surface area contributed by atoms with E-state index in [1.54, 1.807) is 0 Å². The Balaban J connectivity index is 1.62. The highest BCUT2D eigenvalue weighted by atomic mass is 35.5. The van der Waals surface area contributed by atoms with Gasteiger partial charge in [0.25, 0.3) is 5.56 Å². The van der Waals surface area contributed by atoms with Gasteiger partial charge < -0.3 is 10.6 Å². The molecule has 158 valence electrons.